The number of nitrogens with zero attached hydrogens (tertiary/aromatic N) is 4. The Kier molecular flexibility index (Phi) is 9.61. The largest absolute Gasteiger partial charge is 0.480 e. The molecule has 2 heterocycles. The molecule has 4 N–H and O–H groups in total. The Morgan fingerprint density at radius 3 is 1.87 bits per heavy atom. The minimum absolute atomic E-state index is 0.0343. The zero-order chi connectivity index (χ0) is 21.9. The van der Waals surface area contributed by atoms with E-state index in [0.717, 1.165) is 0 Å². The molecule has 0 radical (unpaired) electrons. The minimum Gasteiger partial charge on any atom is -0.480 e. The molecular formula is C19H29N5O6. The van der Waals surface area contributed by atoms with Crippen LogP contribution in [0.3, 0.4) is 0 Å². The van der Waals surface area contributed by atoms with Gasteiger partial charge in [-0.05, 0) is 12.1 Å². The molecule has 0 spiro atoms. The van der Waals surface area contributed by atoms with E-state index in [2.05, 4.69) is 10.3 Å². The molecule has 0 aliphatic carbocycles. The van der Waals surface area contributed by atoms with Crippen molar-refractivity contribution >= 4 is 17.9 Å². The van der Waals surface area contributed by atoms with Crippen LogP contribution in [0.1, 0.15) is 16.2 Å². The highest BCUT2D eigenvalue weighted by Gasteiger charge is 2.17. The highest BCUT2D eigenvalue weighted by molar-refractivity contribution is 5.85. The van der Waals surface area contributed by atoms with E-state index >= 15 is 0 Å². The van der Waals surface area contributed by atoms with Gasteiger partial charge in [-0.25, -0.2) is 9.78 Å². The van der Waals surface area contributed by atoms with Crippen LogP contribution >= 0.6 is 0 Å². The average Bonchev–Trinajstić information content (AvgIpc) is 2.67. The Balaban J connectivity index is 2.11. The number of hydrogen-bond donors (Lipinski definition) is 4. The van der Waals surface area contributed by atoms with Crippen molar-refractivity contribution in [3.63, 3.8) is 0 Å². The summed E-state index contributed by atoms with van der Waals surface area (Å²) in [4.78, 5) is 43.4. The molecule has 1 aromatic rings. The van der Waals surface area contributed by atoms with Crippen LogP contribution in [0.15, 0.2) is 18.2 Å². The molecule has 30 heavy (non-hydrogen) atoms. The number of carboxylic acid groups (broad SMARTS) is 3. The van der Waals surface area contributed by atoms with Crippen molar-refractivity contribution in [2.75, 3.05) is 65.4 Å². The summed E-state index contributed by atoms with van der Waals surface area (Å²) in [7, 11) is 0. The number of carboxylic acids is 3. The van der Waals surface area contributed by atoms with E-state index in [1.54, 1.807) is 12.1 Å². The maximum atomic E-state index is 11.2. The lowest BCUT2D eigenvalue weighted by Crippen LogP contribution is -2.46. The molecule has 1 saturated heterocycles. The summed E-state index contributed by atoms with van der Waals surface area (Å²) in [5.74, 6) is -2.88. The first kappa shape index (κ1) is 23.7. The van der Waals surface area contributed by atoms with Crippen molar-refractivity contribution in [2.45, 2.75) is 6.54 Å². The highest BCUT2D eigenvalue weighted by atomic mass is 16.4. The molecule has 166 valence electrons. The molecule has 2 rings (SSSR count). The second-order valence-electron chi connectivity index (χ2n) is 7.19. The van der Waals surface area contributed by atoms with E-state index in [1.807, 2.05) is 14.7 Å². The van der Waals surface area contributed by atoms with Gasteiger partial charge in [0.15, 0.2) is 0 Å². The number of pyridine rings is 1. The lowest BCUT2D eigenvalue weighted by atomic mass is 10.2. The number of rotatable bonds is 7. The van der Waals surface area contributed by atoms with Crippen LogP contribution in [0.4, 0.5) is 0 Å². The fourth-order valence-electron chi connectivity index (χ4n) is 3.27. The number of aromatic nitrogens is 1. The first-order valence-electron chi connectivity index (χ1n) is 9.84. The fourth-order valence-corrected chi connectivity index (χ4v) is 3.27. The molecule has 0 bridgehead atoms. The van der Waals surface area contributed by atoms with Crippen molar-refractivity contribution in [1.29, 1.82) is 0 Å². The van der Waals surface area contributed by atoms with E-state index in [-0.39, 0.29) is 18.8 Å². The Labute approximate surface area is 174 Å². The number of nitrogens with one attached hydrogen (secondary N) is 1. The maximum absolute atomic E-state index is 11.2. The van der Waals surface area contributed by atoms with Crippen LogP contribution < -0.4 is 5.32 Å². The van der Waals surface area contributed by atoms with Crippen LogP contribution in [0, 0.1) is 0 Å². The molecule has 0 aromatic carbocycles. The zero-order valence-electron chi connectivity index (χ0n) is 16.9. The molecule has 1 aliphatic rings. The van der Waals surface area contributed by atoms with Gasteiger partial charge < -0.3 is 20.6 Å². The topological polar surface area (TPSA) is 147 Å². The van der Waals surface area contributed by atoms with Gasteiger partial charge in [-0.3, -0.25) is 24.3 Å². The summed E-state index contributed by atoms with van der Waals surface area (Å²) in [6.07, 6.45) is 0. The normalized spacial score (nSPS) is 18.3. The van der Waals surface area contributed by atoms with Crippen molar-refractivity contribution in [1.82, 2.24) is 25.0 Å². The lowest BCUT2D eigenvalue weighted by molar-refractivity contribution is -0.139. The monoisotopic (exact) mass is 423 g/mol. The van der Waals surface area contributed by atoms with Gasteiger partial charge in [0.25, 0.3) is 0 Å². The van der Waals surface area contributed by atoms with E-state index in [0.29, 0.717) is 64.6 Å². The lowest BCUT2D eigenvalue weighted by Gasteiger charge is -2.30. The van der Waals surface area contributed by atoms with E-state index in [4.69, 9.17) is 15.3 Å². The van der Waals surface area contributed by atoms with Gasteiger partial charge in [-0.1, -0.05) is 6.07 Å². The second kappa shape index (κ2) is 12.2. The molecular weight excluding hydrogens is 394 g/mol. The summed E-state index contributed by atoms with van der Waals surface area (Å²) < 4.78 is 0. The number of aliphatic carboxylic acids is 2. The van der Waals surface area contributed by atoms with Crippen molar-refractivity contribution in [3.05, 3.63) is 29.6 Å². The highest BCUT2D eigenvalue weighted by Crippen LogP contribution is 2.06. The van der Waals surface area contributed by atoms with Crippen LogP contribution in [0.25, 0.3) is 0 Å². The molecule has 1 aliphatic heterocycles. The van der Waals surface area contributed by atoms with Gasteiger partial charge in [-0.2, -0.15) is 0 Å². The third kappa shape index (κ3) is 8.82. The van der Waals surface area contributed by atoms with Crippen molar-refractivity contribution < 1.29 is 29.7 Å². The predicted molar refractivity (Wildman–Crippen MR) is 107 cm³/mol. The third-order valence-electron chi connectivity index (χ3n) is 4.80. The van der Waals surface area contributed by atoms with E-state index in [1.165, 1.54) is 6.07 Å². The quantitative estimate of drug-likeness (QED) is 0.426. The molecule has 1 fully saturated rings. The first-order chi connectivity index (χ1) is 14.3. The number of carbonyl (C=O) groups is 3. The standard InChI is InChI=1S/C19H29N5O6/c25-17(26)13-22-6-4-20-5-7-23(14-18(27)28)9-11-24(10-8-22)12-15-2-1-3-16(21-15)19(29)30/h1-3,20H,4-14H2,(H,25,26)(H,27,28)(H,29,30). The molecule has 0 unspecified atom stereocenters. The molecule has 1 aromatic heterocycles. The predicted octanol–water partition coefficient (Wildman–Crippen LogP) is -1.04. The minimum atomic E-state index is -1.10. The van der Waals surface area contributed by atoms with Crippen molar-refractivity contribution in [2.24, 2.45) is 0 Å². The summed E-state index contributed by atoms with van der Waals surface area (Å²) in [6, 6.07) is 4.82. The molecule has 0 saturated carbocycles. The zero-order valence-corrected chi connectivity index (χ0v) is 16.9. The SMILES string of the molecule is O=C(O)CN1CCNCCN(CC(=O)O)CCN(Cc2cccc(C(=O)O)n2)CC1. The Hall–Kier alpha value is -2.60. The second-order valence-corrected chi connectivity index (χ2v) is 7.19. The Bertz CT molecular complexity index is 701. The van der Waals surface area contributed by atoms with Gasteiger partial charge in [0.2, 0.25) is 0 Å². The summed E-state index contributed by atoms with van der Waals surface area (Å²) in [5, 5.41) is 30.7. The fraction of sp³-hybridized carbons (Fsp3) is 0.579. The van der Waals surface area contributed by atoms with Gasteiger partial charge in [0.1, 0.15) is 5.69 Å². The van der Waals surface area contributed by atoms with Crippen LogP contribution in [0.5, 0.6) is 0 Å². The number of aromatic carboxylic acids is 1. The van der Waals surface area contributed by atoms with E-state index < -0.39 is 17.9 Å². The molecule has 0 amide bonds. The first-order valence-corrected chi connectivity index (χ1v) is 9.84. The maximum Gasteiger partial charge on any atom is 0.354 e. The van der Waals surface area contributed by atoms with Crippen LogP contribution in [0.2, 0.25) is 0 Å². The van der Waals surface area contributed by atoms with Gasteiger partial charge in [-0.15, -0.1) is 0 Å². The summed E-state index contributed by atoms with van der Waals surface area (Å²) >= 11 is 0. The molecule has 11 heteroatoms. The Morgan fingerprint density at radius 1 is 0.833 bits per heavy atom. The van der Waals surface area contributed by atoms with Crippen molar-refractivity contribution in [3.8, 4) is 0 Å². The van der Waals surface area contributed by atoms with Gasteiger partial charge >= 0.3 is 17.9 Å². The molecule has 0 atom stereocenters. The summed E-state index contributed by atoms with van der Waals surface area (Å²) in [5.41, 5.74) is 0.561. The van der Waals surface area contributed by atoms with E-state index in [9.17, 15) is 14.4 Å². The molecule has 11 nitrogen and oxygen atoms in total. The van der Waals surface area contributed by atoms with Crippen LogP contribution in [-0.2, 0) is 16.1 Å². The van der Waals surface area contributed by atoms with Crippen LogP contribution in [-0.4, -0.2) is 118 Å². The Morgan fingerprint density at radius 2 is 1.37 bits per heavy atom. The smallest absolute Gasteiger partial charge is 0.354 e. The number of hydrogen-bond acceptors (Lipinski definition) is 8. The summed E-state index contributed by atoms with van der Waals surface area (Å²) in [6.45, 7) is 4.74. The van der Waals surface area contributed by atoms with Gasteiger partial charge in [0.05, 0.1) is 18.8 Å². The average molecular weight is 423 g/mol. The van der Waals surface area contributed by atoms with Gasteiger partial charge in [0, 0.05) is 58.9 Å². The third-order valence-corrected chi connectivity index (χ3v) is 4.80.